The lowest BCUT2D eigenvalue weighted by molar-refractivity contribution is -0.115. The summed E-state index contributed by atoms with van der Waals surface area (Å²) in [5, 5.41) is 10.8. The molecule has 0 saturated carbocycles. The number of aliphatic hydroxyl groups is 1. The molecule has 1 unspecified atom stereocenters. The molecule has 0 bridgehead atoms. The smallest absolute Gasteiger partial charge is 0.167 e. The summed E-state index contributed by atoms with van der Waals surface area (Å²) in [5.41, 5.74) is 5.11. The van der Waals surface area contributed by atoms with Gasteiger partial charge in [0.1, 0.15) is 5.76 Å². The maximum absolute atomic E-state index is 13.0. The number of aryl methyl sites for hydroxylation is 3. The van der Waals surface area contributed by atoms with Gasteiger partial charge in [0.25, 0.3) is 0 Å². The lowest BCUT2D eigenvalue weighted by Crippen LogP contribution is -2.21. The molecule has 4 heteroatoms. The van der Waals surface area contributed by atoms with E-state index in [9.17, 15) is 9.90 Å². The number of benzene rings is 1. The molecule has 1 aliphatic rings. The van der Waals surface area contributed by atoms with E-state index in [2.05, 4.69) is 37.9 Å². The summed E-state index contributed by atoms with van der Waals surface area (Å²) in [4.78, 5) is 18.3. The Morgan fingerprint density at radius 3 is 2.32 bits per heavy atom. The number of Topliss-reactive ketones (excluding diaryl/α,β-unsaturated/α-hetero) is 1. The number of thioether (sulfide) groups is 1. The van der Waals surface area contributed by atoms with E-state index in [-0.39, 0.29) is 17.5 Å². The Balaban J connectivity index is 1.78. The first kappa shape index (κ1) is 20.7. The summed E-state index contributed by atoms with van der Waals surface area (Å²) in [6.07, 6.45) is 7.36. The van der Waals surface area contributed by atoms with E-state index in [0.717, 1.165) is 30.6 Å². The zero-order chi connectivity index (χ0) is 20.1. The predicted octanol–water partition coefficient (Wildman–Crippen LogP) is 5.95. The number of hydrogen-bond donors (Lipinski definition) is 1. The van der Waals surface area contributed by atoms with E-state index in [0.29, 0.717) is 18.4 Å². The summed E-state index contributed by atoms with van der Waals surface area (Å²) in [7, 11) is 0. The van der Waals surface area contributed by atoms with Gasteiger partial charge in [0.2, 0.25) is 0 Å². The molecule has 0 radical (unpaired) electrons. The standard InChI is InChI=1S/C24H29NO2S/c1-4-18-12-16(3)13-19(5-2)23(18)24-21(26)14-17(15-22(24)27)8-11-28-20-6-9-25-10-7-20/h6-7,9-10,12-13,17,26H,4-5,8,11,14-15H2,1-3H3. The van der Waals surface area contributed by atoms with Crippen molar-refractivity contribution < 1.29 is 9.90 Å². The highest BCUT2D eigenvalue weighted by atomic mass is 32.2. The number of aromatic nitrogens is 1. The number of allylic oxidation sites excluding steroid dienone is 2. The van der Waals surface area contributed by atoms with Crippen LogP contribution in [0.1, 0.15) is 55.4 Å². The van der Waals surface area contributed by atoms with Gasteiger partial charge in [-0.05, 0) is 66.7 Å². The number of carbonyl (C=O) groups excluding carboxylic acids is 1. The summed E-state index contributed by atoms with van der Waals surface area (Å²) in [5.74, 6) is 1.53. The Kier molecular flexibility index (Phi) is 6.95. The van der Waals surface area contributed by atoms with Gasteiger partial charge in [-0.15, -0.1) is 11.8 Å². The van der Waals surface area contributed by atoms with Crippen molar-refractivity contribution in [3.8, 4) is 0 Å². The Hall–Kier alpha value is -2.07. The molecule has 148 valence electrons. The van der Waals surface area contributed by atoms with Gasteiger partial charge in [0, 0.05) is 30.1 Å². The first-order valence-electron chi connectivity index (χ1n) is 10.1. The van der Waals surface area contributed by atoms with E-state index >= 15 is 0 Å². The third-order valence-corrected chi connectivity index (χ3v) is 6.47. The second-order valence-electron chi connectivity index (χ2n) is 7.50. The molecule has 3 nitrogen and oxygen atoms in total. The van der Waals surface area contributed by atoms with E-state index in [1.54, 1.807) is 24.2 Å². The van der Waals surface area contributed by atoms with E-state index < -0.39 is 0 Å². The fraction of sp³-hybridized carbons (Fsp3) is 0.417. The van der Waals surface area contributed by atoms with Crippen molar-refractivity contribution in [1.29, 1.82) is 0 Å². The van der Waals surface area contributed by atoms with Crippen LogP contribution < -0.4 is 0 Å². The summed E-state index contributed by atoms with van der Waals surface area (Å²) < 4.78 is 0. The summed E-state index contributed by atoms with van der Waals surface area (Å²) in [6.45, 7) is 6.32. The molecule has 1 N–H and O–H groups in total. The van der Waals surface area contributed by atoms with Crippen LogP contribution in [0.4, 0.5) is 0 Å². The molecule has 1 aromatic carbocycles. The lowest BCUT2D eigenvalue weighted by Gasteiger charge is -2.26. The van der Waals surface area contributed by atoms with Crippen molar-refractivity contribution in [1.82, 2.24) is 4.98 Å². The van der Waals surface area contributed by atoms with Gasteiger partial charge in [-0.1, -0.05) is 31.5 Å². The molecule has 1 aromatic heterocycles. The first-order valence-corrected chi connectivity index (χ1v) is 11.1. The second-order valence-corrected chi connectivity index (χ2v) is 8.67. The molecule has 3 rings (SSSR count). The van der Waals surface area contributed by atoms with Crippen LogP contribution in [0.2, 0.25) is 0 Å². The molecule has 0 fully saturated rings. The molecule has 0 aliphatic heterocycles. The third-order valence-electron chi connectivity index (χ3n) is 5.43. The van der Waals surface area contributed by atoms with Crippen molar-refractivity contribution in [3.63, 3.8) is 0 Å². The molecule has 2 aromatic rings. The molecule has 0 spiro atoms. The Morgan fingerprint density at radius 2 is 1.75 bits per heavy atom. The van der Waals surface area contributed by atoms with Gasteiger partial charge in [0.05, 0.1) is 5.57 Å². The maximum Gasteiger partial charge on any atom is 0.167 e. The Bertz CT molecular complexity index is 848. The van der Waals surface area contributed by atoms with Gasteiger partial charge in [-0.3, -0.25) is 9.78 Å². The third kappa shape index (κ3) is 4.67. The lowest BCUT2D eigenvalue weighted by atomic mass is 9.79. The molecule has 1 heterocycles. The SMILES string of the molecule is CCc1cc(C)cc(CC)c1C1=C(O)CC(CCSc2ccncc2)CC1=O. The highest BCUT2D eigenvalue weighted by Gasteiger charge is 2.30. The van der Waals surface area contributed by atoms with Gasteiger partial charge in [-0.2, -0.15) is 0 Å². The number of pyridine rings is 1. The number of carbonyl (C=O) groups is 1. The zero-order valence-corrected chi connectivity index (χ0v) is 17.8. The number of rotatable bonds is 7. The molecule has 0 amide bonds. The Labute approximate surface area is 172 Å². The largest absolute Gasteiger partial charge is 0.512 e. The predicted molar refractivity (Wildman–Crippen MR) is 117 cm³/mol. The molecule has 0 saturated heterocycles. The molecule has 28 heavy (non-hydrogen) atoms. The highest BCUT2D eigenvalue weighted by Crippen LogP contribution is 2.37. The fourth-order valence-electron chi connectivity index (χ4n) is 4.06. The number of aliphatic hydroxyl groups excluding tert-OH is 1. The molecule has 1 atom stereocenters. The van der Waals surface area contributed by atoms with Crippen LogP contribution in [-0.2, 0) is 17.6 Å². The zero-order valence-electron chi connectivity index (χ0n) is 17.0. The Morgan fingerprint density at radius 1 is 1.11 bits per heavy atom. The van der Waals surface area contributed by atoms with Crippen molar-refractivity contribution >= 4 is 23.1 Å². The fourth-order valence-corrected chi connectivity index (χ4v) is 5.06. The van der Waals surface area contributed by atoms with Crippen molar-refractivity contribution in [2.75, 3.05) is 5.75 Å². The van der Waals surface area contributed by atoms with Crippen LogP contribution in [-0.4, -0.2) is 21.6 Å². The maximum atomic E-state index is 13.0. The van der Waals surface area contributed by atoms with Crippen molar-refractivity contribution in [2.24, 2.45) is 5.92 Å². The highest BCUT2D eigenvalue weighted by molar-refractivity contribution is 7.99. The van der Waals surface area contributed by atoms with Gasteiger partial charge in [-0.25, -0.2) is 0 Å². The van der Waals surface area contributed by atoms with Crippen molar-refractivity contribution in [3.05, 3.63) is 64.7 Å². The van der Waals surface area contributed by atoms with E-state index in [1.807, 2.05) is 12.1 Å². The van der Waals surface area contributed by atoms with Crippen LogP contribution in [0, 0.1) is 12.8 Å². The first-order chi connectivity index (χ1) is 13.5. The average molecular weight is 396 g/mol. The average Bonchev–Trinajstić information content (AvgIpc) is 2.68. The van der Waals surface area contributed by atoms with Gasteiger partial charge >= 0.3 is 0 Å². The topological polar surface area (TPSA) is 50.2 Å². The monoisotopic (exact) mass is 395 g/mol. The number of ketones is 1. The minimum absolute atomic E-state index is 0.0934. The van der Waals surface area contributed by atoms with Crippen LogP contribution >= 0.6 is 11.8 Å². The number of hydrogen-bond acceptors (Lipinski definition) is 4. The quantitative estimate of drug-likeness (QED) is 0.589. The van der Waals surface area contributed by atoms with Gasteiger partial charge in [0.15, 0.2) is 5.78 Å². The van der Waals surface area contributed by atoms with Crippen molar-refractivity contribution in [2.45, 2.75) is 57.8 Å². The van der Waals surface area contributed by atoms with Crippen LogP contribution in [0.25, 0.3) is 5.57 Å². The molecular weight excluding hydrogens is 366 g/mol. The van der Waals surface area contributed by atoms with Crippen LogP contribution in [0.15, 0.2) is 47.3 Å². The van der Waals surface area contributed by atoms with Gasteiger partial charge < -0.3 is 5.11 Å². The summed E-state index contributed by atoms with van der Waals surface area (Å²) >= 11 is 1.78. The van der Waals surface area contributed by atoms with E-state index in [1.165, 1.54) is 21.6 Å². The molecular formula is C24H29NO2S. The van der Waals surface area contributed by atoms with E-state index in [4.69, 9.17) is 0 Å². The van der Waals surface area contributed by atoms with Crippen LogP contribution in [0.3, 0.4) is 0 Å². The van der Waals surface area contributed by atoms with Crippen LogP contribution in [0.5, 0.6) is 0 Å². The minimum Gasteiger partial charge on any atom is -0.512 e. The summed E-state index contributed by atoms with van der Waals surface area (Å²) in [6, 6.07) is 8.31. The number of nitrogens with zero attached hydrogens (tertiary/aromatic N) is 1. The normalized spacial score (nSPS) is 17.2. The minimum atomic E-state index is 0.0934. The molecule has 1 aliphatic carbocycles. The second kappa shape index (κ2) is 9.42.